The number of carbonyl (C=O) groups is 3. The predicted molar refractivity (Wildman–Crippen MR) is 137 cm³/mol. The number of ether oxygens (including phenoxy) is 1. The van der Waals surface area contributed by atoms with E-state index in [1.807, 2.05) is 13.8 Å². The van der Waals surface area contributed by atoms with Crippen molar-refractivity contribution in [2.75, 3.05) is 17.3 Å². The smallest absolute Gasteiger partial charge is 0.339 e. The van der Waals surface area contributed by atoms with Crippen molar-refractivity contribution in [3.05, 3.63) is 79.9 Å². The number of rotatable bonds is 2. The minimum Gasteiger partial charge on any atom is -0.466 e. The fourth-order valence-electron chi connectivity index (χ4n) is 5.55. The van der Waals surface area contributed by atoms with Crippen LogP contribution in [0.3, 0.4) is 0 Å². The quantitative estimate of drug-likeness (QED) is 0.493. The summed E-state index contributed by atoms with van der Waals surface area (Å²) >= 11 is 9.42. The van der Waals surface area contributed by atoms with Crippen molar-refractivity contribution in [3.8, 4) is 0 Å². The van der Waals surface area contributed by atoms with Gasteiger partial charge in [0.25, 0.3) is 0 Å². The lowest BCUT2D eigenvalue weighted by Gasteiger charge is -2.47. The second-order valence-corrected chi connectivity index (χ2v) is 11.2. The van der Waals surface area contributed by atoms with Crippen LogP contribution in [-0.2, 0) is 24.5 Å². The average molecular weight is 575 g/mol. The van der Waals surface area contributed by atoms with Gasteiger partial charge in [-0.15, -0.1) is 0 Å². The Hall–Kier alpha value is -3.17. The summed E-state index contributed by atoms with van der Waals surface area (Å²) in [7, 11) is 1.16. The number of allylic oxidation sites excluding steroid dienone is 1. The molecule has 0 fully saturated rings. The number of ketones is 1. The zero-order chi connectivity index (χ0) is 26.2. The summed E-state index contributed by atoms with van der Waals surface area (Å²) in [6.07, 6.45) is 0.416. The molecule has 0 bridgehead atoms. The van der Waals surface area contributed by atoms with Crippen molar-refractivity contribution < 1.29 is 23.5 Å². The molecular formula is C26H22BrClFN3O4. The van der Waals surface area contributed by atoms with E-state index in [0.29, 0.717) is 27.8 Å². The third kappa shape index (κ3) is 3.33. The molecule has 0 aromatic heterocycles. The highest BCUT2D eigenvalue weighted by atomic mass is 79.9. The Morgan fingerprint density at radius 2 is 1.92 bits per heavy atom. The molecule has 7 nitrogen and oxygen atoms in total. The van der Waals surface area contributed by atoms with E-state index >= 15 is 4.39 Å². The van der Waals surface area contributed by atoms with E-state index in [9.17, 15) is 14.4 Å². The standard InChI is InChI=1S/C26H22BrClFN3O4/c1-25(2)10-18-20(19(33)11-25)26(14-8-12(27)4-6-16(14)31-24(26)35)21(23(34)36-3)22(30)32(18)17-7-5-13(28)9-15(17)29/h4-9H,10-11,30H2,1-3H3,(H,31,35). The van der Waals surface area contributed by atoms with Crippen molar-refractivity contribution in [3.63, 3.8) is 0 Å². The highest BCUT2D eigenvalue weighted by Gasteiger charge is 2.63. The minimum absolute atomic E-state index is 0.000904. The van der Waals surface area contributed by atoms with Gasteiger partial charge in [0, 0.05) is 38.4 Å². The van der Waals surface area contributed by atoms with Crippen LogP contribution < -0.4 is 16.0 Å². The molecule has 3 N–H and O–H groups in total. The predicted octanol–water partition coefficient (Wildman–Crippen LogP) is 4.94. The van der Waals surface area contributed by atoms with E-state index in [1.54, 1.807) is 18.2 Å². The molecule has 1 amide bonds. The molecule has 2 heterocycles. The van der Waals surface area contributed by atoms with E-state index in [-0.39, 0.29) is 39.9 Å². The van der Waals surface area contributed by atoms with Crippen molar-refractivity contribution in [2.45, 2.75) is 32.1 Å². The molecule has 10 heteroatoms. The zero-order valence-electron chi connectivity index (χ0n) is 19.7. The first kappa shape index (κ1) is 24.5. The molecule has 1 unspecified atom stereocenters. The molecule has 36 heavy (non-hydrogen) atoms. The third-order valence-electron chi connectivity index (χ3n) is 6.88. The summed E-state index contributed by atoms with van der Waals surface area (Å²) in [4.78, 5) is 42.5. The summed E-state index contributed by atoms with van der Waals surface area (Å²) in [6, 6.07) is 9.13. The topological polar surface area (TPSA) is 102 Å². The number of nitrogens with one attached hydrogen (secondary N) is 1. The second-order valence-electron chi connectivity index (χ2n) is 9.84. The molecule has 1 spiro atoms. The van der Waals surface area contributed by atoms with Gasteiger partial charge in [0.1, 0.15) is 22.6 Å². The van der Waals surface area contributed by atoms with Crippen LogP contribution in [0.2, 0.25) is 5.02 Å². The normalized spacial score (nSPS) is 22.6. The summed E-state index contributed by atoms with van der Waals surface area (Å²) in [6.45, 7) is 3.82. The number of Topliss-reactive ketones (excluding diaryl/α,β-unsaturated/α-hetero) is 1. The van der Waals surface area contributed by atoms with Crippen molar-refractivity contribution in [1.29, 1.82) is 0 Å². The Morgan fingerprint density at radius 3 is 2.58 bits per heavy atom. The summed E-state index contributed by atoms with van der Waals surface area (Å²) < 4.78 is 21.0. The Morgan fingerprint density at radius 1 is 1.19 bits per heavy atom. The first-order valence-corrected chi connectivity index (χ1v) is 12.3. The van der Waals surface area contributed by atoms with Gasteiger partial charge in [0.15, 0.2) is 5.78 Å². The van der Waals surface area contributed by atoms with Gasteiger partial charge < -0.3 is 15.8 Å². The number of carbonyl (C=O) groups excluding carboxylic acids is 3. The Labute approximate surface area is 220 Å². The van der Waals surface area contributed by atoms with E-state index < -0.39 is 28.5 Å². The third-order valence-corrected chi connectivity index (χ3v) is 7.61. The monoisotopic (exact) mass is 573 g/mol. The van der Waals surface area contributed by atoms with Gasteiger partial charge in [-0.3, -0.25) is 14.5 Å². The largest absolute Gasteiger partial charge is 0.466 e. The van der Waals surface area contributed by atoms with Crippen LogP contribution in [0.5, 0.6) is 0 Å². The molecule has 186 valence electrons. The van der Waals surface area contributed by atoms with E-state index in [4.69, 9.17) is 22.1 Å². The number of benzene rings is 2. The highest BCUT2D eigenvalue weighted by Crippen LogP contribution is 2.57. The fraction of sp³-hybridized carbons (Fsp3) is 0.269. The van der Waals surface area contributed by atoms with Crippen LogP contribution in [-0.4, -0.2) is 24.8 Å². The van der Waals surface area contributed by atoms with Gasteiger partial charge in [-0.2, -0.15) is 0 Å². The Balaban J connectivity index is 1.95. The first-order chi connectivity index (χ1) is 16.9. The van der Waals surface area contributed by atoms with Crippen LogP contribution in [0.1, 0.15) is 32.3 Å². The van der Waals surface area contributed by atoms with Crippen LogP contribution in [0.4, 0.5) is 15.8 Å². The number of halogens is 3. The maximum Gasteiger partial charge on any atom is 0.339 e. The lowest BCUT2D eigenvalue weighted by molar-refractivity contribution is -0.138. The molecule has 2 aromatic carbocycles. The van der Waals surface area contributed by atoms with Gasteiger partial charge in [-0.05, 0) is 48.2 Å². The molecule has 2 aromatic rings. The van der Waals surface area contributed by atoms with Crippen molar-refractivity contribution in [2.24, 2.45) is 11.1 Å². The number of amides is 1. The molecule has 0 saturated carbocycles. The van der Waals surface area contributed by atoms with Gasteiger partial charge >= 0.3 is 5.97 Å². The average Bonchev–Trinajstić information content (AvgIpc) is 3.05. The first-order valence-electron chi connectivity index (χ1n) is 11.1. The molecular weight excluding hydrogens is 553 g/mol. The van der Waals surface area contributed by atoms with Crippen molar-refractivity contribution >= 4 is 56.6 Å². The van der Waals surface area contributed by atoms with Crippen LogP contribution in [0, 0.1) is 11.2 Å². The zero-order valence-corrected chi connectivity index (χ0v) is 22.0. The number of hydrogen-bond donors (Lipinski definition) is 2. The molecule has 0 radical (unpaired) electrons. The number of nitrogens with zero attached hydrogens (tertiary/aromatic N) is 1. The maximum atomic E-state index is 15.3. The van der Waals surface area contributed by atoms with Gasteiger partial charge in [-0.1, -0.05) is 41.4 Å². The van der Waals surface area contributed by atoms with Crippen LogP contribution in [0.15, 0.2) is 63.5 Å². The van der Waals surface area contributed by atoms with E-state index in [1.165, 1.54) is 17.0 Å². The van der Waals surface area contributed by atoms with E-state index in [2.05, 4.69) is 21.2 Å². The Kier molecular flexibility index (Phi) is 5.57. The van der Waals surface area contributed by atoms with Gasteiger partial charge in [0.05, 0.1) is 12.8 Å². The summed E-state index contributed by atoms with van der Waals surface area (Å²) in [5.41, 5.74) is 5.29. The number of fused-ring (bicyclic) bond motifs is 3. The SMILES string of the molecule is COC(=O)C1=C(N)N(c2ccc(Cl)cc2F)C2=C(C(=O)CC(C)(C)C2)C12C(=O)Nc1ccc(Br)cc12. The molecule has 5 rings (SSSR count). The Bertz CT molecular complexity index is 1450. The molecule has 1 aliphatic carbocycles. The van der Waals surface area contributed by atoms with Crippen LogP contribution >= 0.6 is 27.5 Å². The summed E-state index contributed by atoms with van der Waals surface area (Å²) in [5, 5.41) is 2.98. The second kappa shape index (κ2) is 8.18. The van der Waals surface area contributed by atoms with Gasteiger partial charge in [0.2, 0.25) is 5.91 Å². The molecule has 1 atom stereocenters. The fourth-order valence-corrected chi connectivity index (χ4v) is 6.07. The van der Waals surface area contributed by atoms with E-state index in [0.717, 1.165) is 13.2 Å². The number of methoxy groups -OCH3 is 1. The number of nitrogens with two attached hydrogens (primary N) is 1. The molecule has 0 saturated heterocycles. The van der Waals surface area contributed by atoms with Gasteiger partial charge in [-0.25, -0.2) is 9.18 Å². The molecule has 3 aliphatic rings. The number of hydrogen-bond acceptors (Lipinski definition) is 6. The van der Waals surface area contributed by atoms with Crippen molar-refractivity contribution in [1.82, 2.24) is 0 Å². The molecule has 2 aliphatic heterocycles. The lowest BCUT2D eigenvalue weighted by Crippen LogP contribution is -2.54. The maximum absolute atomic E-state index is 15.3. The highest BCUT2D eigenvalue weighted by molar-refractivity contribution is 9.10. The van der Waals surface area contributed by atoms with Crippen LogP contribution in [0.25, 0.3) is 0 Å². The number of esters is 1. The lowest BCUT2D eigenvalue weighted by atomic mass is 9.60. The summed E-state index contributed by atoms with van der Waals surface area (Å²) in [5.74, 6) is -2.74. The minimum atomic E-state index is -1.86. The number of anilines is 2.